The highest BCUT2D eigenvalue weighted by atomic mass is 79.9. The van der Waals surface area contributed by atoms with E-state index in [1.807, 2.05) is 0 Å². The summed E-state index contributed by atoms with van der Waals surface area (Å²) in [5.41, 5.74) is 6.76. The van der Waals surface area contributed by atoms with Crippen molar-refractivity contribution < 1.29 is 0 Å². The van der Waals surface area contributed by atoms with Crippen molar-refractivity contribution in [3.8, 4) is 0 Å². The van der Waals surface area contributed by atoms with Crippen LogP contribution in [0.25, 0.3) is 0 Å². The Kier molecular flexibility index (Phi) is 5.04. The largest absolute Gasteiger partial charge is 0.0786 e. The normalized spacial score (nSPS) is 12.7. The predicted octanol–water partition coefficient (Wildman–Crippen LogP) is 5.99. The average molecular weight is 331 g/mol. The lowest BCUT2D eigenvalue weighted by atomic mass is 9.97. The lowest BCUT2D eigenvalue weighted by Crippen LogP contribution is -1.97. The molecule has 0 aliphatic carbocycles. The number of hydrogen-bond acceptors (Lipinski definition) is 0. The molecule has 0 aliphatic heterocycles. The second-order valence-corrected chi connectivity index (χ2v) is 6.96. The zero-order valence-electron chi connectivity index (χ0n) is 12.8. The minimum absolute atomic E-state index is 0.273. The van der Waals surface area contributed by atoms with Crippen LogP contribution in [0.3, 0.4) is 0 Å². The van der Waals surface area contributed by atoms with Crippen molar-refractivity contribution in [3.63, 3.8) is 0 Å². The molecule has 1 atom stereocenters. The molecule has 1 unspecified atom stereocenters. The van der Waals surface area contributed by atoms with Gasteiger partial charge in [0.25, 0.3) is 0 Å². The van der Waals surface area contributed by atoms with Crippen molar-refractivity contribution in [2.75, 3.05) is 0 Å². The maximum atomic E-state index is 3.83. The van der Waals surface area contributed by atoms with Crippen molar-refractivity contribution >= 4 is 15.9 Å². The molecule has 0 bridgehead atoms. The average Bonchev–Trinajstić information content (AvgIpc) is 2.41. The van der Waals surface area contributed by atoms with Gasteiger partial charge in [0.2, 0.25) is 0 Å². The van der Waals surface area contributed by atoms with E-state index in [0.29, 0.717) is 5.92 Å². The molecule has 0 radical (unpaired) electrons. The SMILES string of the molecule is Cc1ccc(C(Br)c2ccc(CC(C)C)cc2)cc1C. The topological polar surface area (TPSA) is 0 Å². The summed E-state index contributed by atoms with van der Waals surface area (Å²) in [6.07, 6.45) is 1.15. The van der Waals surface area contributed by atoms with Gasteiger partial charge in [0.1, 0.15) is 0 Å². The molecule has 2 aromatic carbocycles. The van der Waals surface area contributed by atoms with Gasteiger partial charge < -0.3 is 0 Å². The van der Waals surface area contributed by atoms with E-state index in [1.165, 1.54) is 27.8 Å². The van der Waals surface area contributed by atoms with Gasteiger partial charge in [0.05, 0.1) is 4.83 Å². The van der Waals surface area contributed by atoms with Crippen LogP contribution in [0.5, 0.6) is 0 Å². The summed E-state index contributed by atoms with van der Waals surface area (Å²) in [6, 6.07) is 15.7. The first-order valence-electron chi connectivity index (χ1n) is 7.27. The number of alkyl halides is 1. The number of rotatable bonds is 4. The van der Waals surface area contributed by atoms with Crippen molar-refractivity contribution in [1.29, 1.82) is 0 Å². The van der Waals surface area contributed by atoms with Gasteiger partial charge in [-0.15, -0.1) is 0 Å². The number of hydrogen-bond donors (Lipinski definition) is 0. The lowest BCUT2D eigenvalue weighted by molar-refractivity contribution is 0.647. The first-order valence-corrected chi connectivity index (χ1v) is 8.19. The minimum atomic E-state index is 0.273. The highest BCUT2D eigenvalue weighted by molar-refractivity contribution is 9.09. The van der Waals surface area contributed by atoms with Gasteiger partial charge in [0.15, 0.2) is 0 Å². The minimum Gasteiger partial charge on any atom is -0.0786 e. The second-order valence-electron chi connectivity index (χ2n) is 6.05. The first-order chi connectivity index (χ1) is 9.47. The Hall–Kier alpha value is -1.08. The molecule has 0 nitrogen and oxygen atoms in total. The maximum Gasteiger partial charge on any atom is 0.0644 e. The molecular formula is C19H23Br. The van der Waals surface area contributed by atoms with Crippen molar-refractivity contribution in [2.24, 2.45) is 5.92 Å². The summed E-state index contributed by atoms with van der Waals surface area (Å²) in [5.74, 6) is 0.709. The van der Waals surface area contributed by atoms with Gasteiger partial charge in [-0.1, -0.05) is 72.2 Å². The Balaban J connectivity index is 2.20. The van der Waals surface area contributed by atoms with E-state index in [9.17, 15) is 0 Å². The molecule has 1 heteroatoms. The van der Waals surface area contributed by atoms with Crippen molar-refractivity contribution in [3.05, 3.63) is 70.3 Å². The third kappa shape index (κ3) is 3.73. The molecule has 0 saturated carbocycles. The molecular weight excluding hydrogens is 308 g/mol. The summed E-state index contributed by atoms with van der Waals surface area (Å²) in [6.45, 7) is 8.85. The smallest absolute Gasteiger partial charge is 0.0644 e. The zero-order valence-corrected chi connectivity index (χ0v) is 14.4. The van der Waals surface area contributed by atoms with E-state index in [1.54, 1.807) is 0 Å². The van der Waals surface area contributed by atoms with Gasteiger partial charge in [-0.05, 0) is 54.0 Å². The van der Waals surface area contributed by atoms with Gasteiger partial charge in [0, 0.05) is 0 Å². The number of benzene rings is 2. The highest BCUT2D eigenvalue weighted by Gasteiger charge is 2.11. The van der Waals surface area contributed by atoms with Crippen LogP contribution >= 0.6 is 15.9 Å². The molecule has 106 valence electrons. The van der Waals surface area contributed by atoms with E-state index < -0.39 is 0 Å². The van der Waals surface area contributed by atoms with E-state index in [2.05, 4.69) is 86.1 Å². The quantitative estimate of drug-likeness (QED) is 0.604. The molecule has 0 aromatic heterocycles. The Morgan fingerprint density at radius 2 is 1.45 bits per heavy atom. The van der Waals surface area contributed by atoms with Gasteiger partial charge >= 0.3 is 0 Å². The Labute approximate surface area is 131 Å². The third-order valence-electron chi connectivity index (χ3n) is 3.74. The molecule has 0 spiro atoms. The summed E-state index contributed by atoms with van der Waals surface area (Å²) in [5, 5.41) is 0. The monoisotopic (exact) mass is 330 g/mol. The van der Waals surface area contributed by atoms with Crippen LogP contribution in [0.15, 0.2) is 42.5 Å². The fraction of sp³-hybridized carbons (Fsp3) is 0.368. The molecule has 0 fully saturated rings. The molecule has 0 amide bonds. The number of halogens is 1. The second kappa shape index (κ2) is 6.58. The van der Waals surface area contributed by atoms with Crippen LogP contribution in [-0.4, -0.2) is 0 Å². The van der Waals surface area contributed by atoms with Crippen LogP contribution in [0.1, 0.15) is 46.5 Å². The van der Waals surface area contributed by atoms with Crippen LogP contribution < -0.4 is 0 Å². The Morgan fingerprint density at radius 3 is 2.00 bits per heavy atom. The standard InChI is InChI=1S/C19H23Br/c1-13(2)11-16-6-9-17(10-7-16)19(20)18-8-5-14(3)15(4)12-18/h5-10,12-13,19H,11H2,1-4H3. The molecule has 20 heavy (non-hydrogen) atoms. The van der Waals surface area contributed by atoms with Gasteiger partial charge in [-0.3, -0.25) is 0 Å². The van der Waals surface area contributed by atoms with E-state index in [4.69, 9.17) is 0 Å². The fourth-order valence-corrected chi connectivity index (χ4v) is 3.00. The zero-order chi connectivity index (χ0) is 14.7. The molecule has 2 rings (SSSR count). The molecule has 0 N–H and O–H groups in total. The predicted molar refractivity (Wildman–Crippen MR) is 91.7 cm³/mol. The molecule has 0 heterocycles. The summed E-state index contributed by atoms with van der Waals surface area (Å²) < 4.78 is 0. The summed E-state index contributed by atoms with van der Waals surface area (Å²) in [7, 11) is 0. The third-order valence-corrected chi connectivity index (χ3v) is 4.80. The first kappa shape index (κ1) is 15.3. The lowest BCUT2D eigenvalue weighted by Gasteiger charge is -2.14. The highest BCUT2D eigenvalue weighted by Crippen LogP contribution is 2.32. The van der Waals surface area contributed by atoms with Crippen LogP contribution in [0, 0.1) is 19.8 Å². The van der Waals surface area contributed by atoms with E-state index in [0.717, 1.165) is 6.42 Å². The molecule has 2 aromatic rings. The van der Waals surface area contributed by atoms with Crippen molar-refractivity contribution in [1.82, 2.24) is 0 Å². The van der Waals surface area contributed by atoms with Crippen LogP contribution in [0.4, 0.5) is 0 Å². The van der Waals surface area contributed by atoms with Crippen molar-refractivity contribution in [2.45, 2.75) is 38.9 Å². The van der Waals surface area contributed by atoms with Crippen LogP contribution in [-0.2, 0) is 6.42 Å². The fourth-order valence-electron chi connectivity index (χ4n) is 2.41. The van der Waals surface area contributed by atoms with Gasteiger partial charge in [-0.2, -0.15) is 0 Å². The summed E-state index contributed by atoms with van der Waals surface area (Å²) in [4.78, 5) is 0.273. The summed E-state index contributed by atoms with van der Waals surface area (Å²) >= 11 is 3.83. The molecule has 0 saturated heterocycles. The number of aryl methyl sites for hydroxylation is 2. The maximum absolute atomic E-state index is 3.83. The van der Waals surface area contributed by atoms with E-state index in [-0.39, 0.29) is 4.83 Å². The van der Waals surface area contributed by atoms with Crippen LogP contribution in [0.2, 0.25) is 0 Å². The molecule has 0 aliphatic rings. The Morgan fingerprint density at radius 1 is 0.850 bits per heavy atom. The Bertz CT molecular complexity index is 567. The van der Waals surface area contributed by atoms with E-state index >= 15 is 0 Å². The van der Waals surface area contributed by atoms with Gasteiger partial charge in [-0.25, -0.2) is 0 Å².